The number of halogens is 3. The number of nitrogens with zero attached hydrogens (tertiary/aromatic N) is 4. The summed E-state index contributed by atoms with van der Waals surface area (Å²) in [5, 5.41) is 0. The number of thioether (sulfide) groups is 1. The van der Waals surface area contributed by atoms with Gasteiger partial charge in [-0.2, -0.15) is 13.2 Å². The lowest BCUT2D eigenvalue weighted by Crippen LogP contribution is -2.50. The second kappa shape index (κ2) is 6.82. The van der Waals surface area contributed by atoms with E-state index in [1.165, 1.54) is 6.07 Å². The molecular weight excluding hydrogens is 345 g/mol. The fourth-order valence-electron chi connectivity index (χ4n) is 2.65. The topological polar surface area (TPSA) is 22.6 Å². The quantitative estimate of drug-likeness (QED) is 0.766. The van der Waals surface area contributed by atoms with E-state index in [9.17, 15) is 13.2 Å². The maximum absolute atomic E-state index is 12.6. The van der Waals surface area contributed by atoms with Gasteiger partial charge >= 0.3 is 6.18 Å². The Morgan fingerprint density at radius 1 is 1.13 bits per heavy atom. The average molecular weight is 362 g/mol. The minimum absolute atomic E-state index is 0.602. The maximum atomic E-state index is 12.6. The zero-order chi connectivity index (χ0) is 16.4. The molecule has 0 aromatic carbocycles. The summed E-state index contributed by atoms with van der Waals surface area (Å²) in [7, 11) is 0. The Bertz CT molecular complexity index is 556. The number of piperazine rings is 1. The molecule has 2 saturated heterocycles. The number of hydrogen-bond acceptors (Lipinski definition) is 5. The number of thiocarbonyl (C=S) groups is 1. The van der Waals surface area contributed by atoms with Crippen LogP contribution >= 0.6 is 24.0 Å². The number of rotatable bonds is 3. The second-order valence-corrected chi connectivity index (χ2v) is 7.26. The molecule has 0 spiro atoms. The van der Waals surface area contributed by atoms with Crippen LogP contribution in [0, 0.1) is 0 Å². The zero-order valence-corrected chi connectivity index (χ0v) is 14.1. The molecule has 0 unspecified atom stereocenters. The van der Waals surface area contributed by atoms with Gasteiger partial charge in [-0.25, -0.2) is 4.98 Å². The Morgan fingerprint density at radius 2 is 1.87 bits per heavy atom. The third-order valence-electron chi connectivity index (χ3n) is 3.99. The molecular formula is C14H17F3N4S2. The summed E-state index contributed by atoms with van der Waals surface area (Å²) < 4.78 is 38.6. The van der Waals surface area contributed by atoms with Crippen molar-refractivity contribution in [3.63, 3.8) is 0 Å². The number of anilines is 1. The molecule has 4 nitrogen and oxygen atoms in total. The molecule has 1 aromatic rings. The minimum Gasteiger partial charge on any atom is -0.354 e. The number of alkyl halides is 3. The summed E-state index contributed by atoms with van der Waals surface area (Å²) in [5.41, 5.74) is -0.708. The first kappa shape index (κ1) is 16.8. The Morgan fingerprint density at radius 3 is 2.39 bits per heavy atom. The van der Waals surface area contributed by atoms with Crippen LogP contribution in [0.1, 0.15) is 5.56 Å². The van der Waals surface area contributed by atoms with Crippen LogP contribution in [0.5, 0.6) is 0 Å². The molecule has 0 aliphatic carbocycles. The van der Waals surface area contributed by atoms with E-state index in [4.69, 9.17) is 12.2 Å². The number of hydrogen-bond donors (Lipinski definition) is 0. The van der Waals surface area contributed by atoms with Crippen molar-refractivity contribution in [1.82, 2.24) is 14.8 Å². The molecule has 1 aromatic heterocycles. The van der Waals surface area contributed by atoms with Gasteiger partial charge in [-0.1, -0.05) is 24.0 Å². The Labute approximate surface area is 142 Å². The van der Waals surface area contributed by atoms with Crippen molar-refractivity contribution < 1.29 is 13.2 Å². The predicted molar refractivity (Wildman–Crippen MR) is 89.7 cm³/mol. The lowest BCUT2D eigenvalue weighted by Gasteiger charge is -2.37. The van der Waals surface area contributed by atoms with Crippen molar-refractivity contribution >= 4 is 34.1 Å². The molecule has 9 heteroatoms. The molecule has 0 radical (unpaired) electrons. The van der Waals surface area contributed by atoms with Gasteiger partial charge in [0.15, 0.2) is 0 Å². The van der Waals surface area contributed by atoms with E-state index in [1.54, 1.807) is 11.8 Å². The molecule has 126 valence electrons. The lowest BCUT2D eigenvalue weighted by molar-refractivity contribution is -0.137. The first-order chi connectivity index (χ1) is 10.9. The van der Waals surface area contributed by atoms with Gasteiger partial charge in [-0.05, 0) is 12.1 Å². The molecule has 2 fully saturated rings. The Kier molecular flexibility index (Phi) is 4.98. The van der Waals surface area contributed by atoms with Crippen molar-refractivity contribution in [3.05, 3.63) is 23.9 Å². The SMILES string of the molecule is FC(F)(F)c1ccc(N2CCN(CN3CCSC3=S)CC2)nc1. The molecule has 23 heavy (non-hydrogen) atoms. The normalized spacial score (nSPS) is 20.4. The standard InChI is InChI=1S/C14H17F3N4S2/c15-14(16,17)11-1-2-12(18-9-11)20-5-3-19(4-6-20)10-21-7-8-23-13(21)22/h1-2,9H,3-8,10H2. The monoisotopic (exact) mass is 362 g/mol. The fourth-order valence-corrected chi connectivity index (χ4v) is 3.87. The van der Waals surface area contributed by atoms with Crippen LogP contribution in [0.3, 0.4) is 0 Å². The van der Waals surface area contributed by atoms with E-state index < -0.39 is 11.7 Å². The predicted octanol–water partition coefficient (Wildman–Crippen LogP) is 2.51. The van der Waals surface area contributed by atoms with Gasteiger partial charge in [-0.3, -0.25) is 4.90 Å². The van der Waals surface area contributed by atoms with Gasteiger partial charge in [0.2, 0.25) is 0 Å². The third kappa shape index (κ3) is 4.07. The van der Waals surface area contributed by atoms with E-state index in [0.29, 0.717) is 5.82 Å². The van der Waals surface area contributed by atoms with Crippen molar-refractivity contribution in [1.29, 1.82) is 0 Å². The van der Waals surface area contributed by atoms with Crippen LogP contribution in [0.4, 0.5) is 19.0 Å². The first-order valence-corrected chi connectivity index (χ1v) is 8.75. The fraction of sp³-hybridized carbons (Fsp3) is 0.571. The summed E-state index contributed by atoms with van der Waals surface area (Å²) in [4.78, 5) is 10.5. The van der Waals surface area contributed by atoms with Gasteiger partial charge in [0, 0.05) is 44.7 Å². The van der Waals surface area contributed by atoms with E-state index in [-0.39, 0.29) is 0 Å². The van der Waals surface area contributed by atoms with Gasteiger partial charge < -0.3 is 9.80 Å². The first-order valence-electron chi connectivity index (χ1n) is 7.36. The van der Waals surface area contributed by atoms with E-state index in [1.807, 2.05) is 4.90 Å². The molecule has 2 aliphatic rings. The van der Waals surface area contributed by atoms with Crippen LogP contribution in [0.2, 0.25) is 0 Å². The van der Waals surface area contributed by atoms with E-state index >= 15 is 0 Å². The number of aromatic nitrogens is 1. The summed E-state index contributed by atoms with van der Waals surface area (Å²) in [6, 6.07) is 2.54. The maximum Gasteiger partial charge on any atom is 0.417 e. The number of pyridine rings is 1. The summed E-state index contributed by atoms with van der Waals surface area (Å²) in [6.45, 7) is 5.04. The van der Waals surface area contributed by atoms with Crippen molar-refractivity contribution in [2.24, 2.45) is 0 Å². The highest BCUT2D eigenvalue weighted by atomic mass is 32.2. The van der Waals surface area contributed by atoms with Crippen molar-refractivity contribution in [3.8, 4) is 0 Å². The summed E-state index contributed by atoms with van der Waals surface area (Å²) >= 11 is 7.01. The lowest BCUT2D eigenvalue weighted by atomic mass is 10.2. The molecule has 3 rings (SSSR count). The highest BCUT2D eigenvalue weighted by Crippen LogP contribution is 2.29. The smallest absolute Gasteiger partial charge is 0.354 e. The largest absolute Gasteiger partial charge is 0.417 e. The molecule has 0 N–H and O–H groups in total. The van der Waals surface area contributed by atoms with Crippen molar-refractivity contribution in [2.75, 3.05) is 50.0 Å². The molecule has 0 atom stereocenters. The Hall–Kier alpha value is -1.06. The van der Waals surface area contributed by atoms with E-state index in [0.717, 1.165) is 61.7 Å². The highest BCUT2D eigenvalue weighted by Gasteiger charge is 2.31. The van der Waals surface area contributed by atoms with Crippen molar-refractivity contribution in [2.45, 2.75) is 6.18 Å². The zero-order valence-electron chi connectivity index (χ0n) is 12.4. The van der Waals surface area contributed by atoms with Crippen LogP contribution in [0.25, 0.3) is 0 Å². The third-order valence-corrected chi connectivity index (χ3v) is 5.49. The molecule has 0 saturated carbocycles. The highest BCUT2D eigenvalue weighted by molar-refractivity contribution is 8.23. The van der Waals surface area contributed by atoms with E-state index in [2.05, 4.69) is 14.8 Å². The van der Waals surface area contributed by atoms with Gasteiger partial charge in [0.05, 0.1) is 12.2 Å². The van der Waals surface area contributed by atoms with Crippen LogP contribution in [0.15, 0.2) is 18.3 Å². The average Bonchev–Trinajstić information content (AvgIpc) is 2.93. The molecule has 0 bridgehead atoms. The van der Waals surface area contributed by atoms with Crippen LogP contribution in [-0.2, 0) is 6.18 Å². The molecule has 3 heterocycles. The van der Waals surface area contributed by atoms with Crippen LogP contribution < -0.4 is 4.90 Å². The second-order valence-electron chi connectivity index (χ2n) is 5.53. The summed E-state index contributed by atoms with van der Waals surface area (Å²) in [5.74, 6) is 1.65. The minimum atomic E-state index is -4.34. The molecule has 2 aliphatic heterocycles. The Balaban J connectivity index is 1.53. The van der Waals surface area contributed by atoms with Gasteiger partial charge in [0.1, 0.15) is 10.1 Å². The summed E-state index contributed by atoms with van der Waals surface area (Å²) in [6.07, 6.45) is -3.43. The van der Waals surface area contributed by atoms with Crippen LogP contribution in [-0.4, -0.2) is 64.2 Å². The van der Waals surface area contributed by atoms with Gasteiger partial charge in [-0.15, -0.1) is 0 Å². The van der Waals surface area contributed by atoms with Gasteiger partial charge in [0.25, 0.3) is 0 Å². The molecule has 0 amide bonds.